The summed E-state index contributed by atoms with van der Waals surface area (Å²) in [6.07, 6.45) is 1.96. The lowest BCUT2D eigenvalue weighted by Crippen LogP contribution is -2.30. The zero-order valence-corrected chi connectivity index (χ0v) is 14.1. The number of aromatic nitrogens is 3. The lowest BCUT2D eigenvalue weighted by molar-refractivity contribution is -0.119. The maximum Gasteiger partial charge on any atom is 0.230 e. The number of aryl methyl sites for hydroxylation is 1. The Hall–Kier alpha value is -1.82. The molecule has 0 saturated heterocycles. The van der Waals surface area contributed by atoms with Crippen molar-refractivity contribution in [2.75, 3.05) is 5.75 Å². The molecule has 0 aliphatic heterocycles. The van der Waals surface area contributed by atoms with Crippen LogP contribution in [0.4, 0.5) is 0 Å². The van der Waals surface area contributed by atoms with Crippen LogP contribution in [-0.2, 0) is 11.8 Å². The van der Waals surface area contributed by atoms with Gasteiger partial charge >= 0.3 is 0 Å². The molecule has 118 valence electrons. The van der Waals surface area contributed by atoms with Gasteiger partial charge in [-0.1, -0.05) is 55.4 Å². The largest absolute Gasteiger partial charge is 0.349 e. The second-order valence-electron chi connectivity index (χ2n) is 5.20. The second kappa shape index (κ2) is 7.98. The third kappa shape index (κ3) is 4.34. The molecule has 1 aromatic carbocycles. The number of benzene rings is 1. The topological polar surface area (TPSA) is 59.8 Å². The van der Waals surface area contributed by atoms with Gasteiger partial charge in [0.2, 0.25) is 5.91 Å². The molecule has 1 amide bonds. The van der Waals surface area contributed by atoms with Crippen molar-refractivity contribution in [3.63, 3.8) is 0 Å². The summed E-state index contributed by atoms with van der Waals surface area (Å²) in [6.45, 7) is 4.02. The summed E-state index contributed by atoms with van der Waals surface area (Å²) >= 11 is 1.41. The highest BCUT2D eigenvalue weighted by molar-refractivity contribution is 7.99. The average Bonchev–Trinajstić information content (AvgIpc) is 2.85. The van der Waals surface area contributed by atoms with Crippen molar-refractivity contribution in [2.24, 2.45) is 7.05 Å². The molecule has 0 radical (unpaired) electrons. The van der Waals surface area contributed by atoms with Crippen molar-refractivity contribution in [1.29, 1.82) is 0 Å². The molecule has 0 aliphatic carbocycles. The molecule has 0 aliphatic rings. The maximum absolute atomic E-state index is 12.2. The fraction of sp³-hybridized carbons (Fsp3) is 0.438. The molecular weight excluding hydrogens is 296 g/mol. The van der Waals surface area contributed by atoms with Gasteiger partial charge in [-0.15, -0.1) is 10.2 Å². The third-order valence-corrected chi connectivity index (χ3v) is 4.52. The van der Waals surface area contributed by atoms with Crippen LogP contribution in [0.15, 0.2) is 35.5 Å². The molecule has 2 rings (SSSR count). The Morgan fingerprint density at radius 1 is 1.32 bits per heavy atom. The number of nitrogens with zero attached hydrogens (tertiary/aromatic N) is 3. The number of rotatable bonds is 7. The molecule has 1 N–H and O–H groups in total. The Morgan fingerprint density at radius 3 is 2.64 bits per heavy atom. The Kier molecular flexibility index (Phi) is 6.00. The average molecular weight is 318 g/mol. The smallest absolute Gasteiger partial charge is 0.230 e. The Balaban J connectivity index is 1.93. The number of thioether (sulfide) groups is 1. The van der Waals surface area contributed by atoms with Crippen molar-refractivity contribution >= 4 is 17.7 Å². The molecule has 2 aromatic rings. The first-order valence-corrected chi connectivity index (χ1v) is 8.43. The number of carbonyl (C=O) groups excluding carboxylic acids is 1. The van der Waals surface area contributed by atoms with Gasteiger partial charge in [-0.2, -0.15) is 0 Å². The van der Waals surface area contributed by atoms with Crippen LogP contribution in [0.2, 0.25) is 0 Å². The number of hydrogen-bond acceptors (Lipinski definition) is 4. The monoisotopic (exact) mass is 318 g/mol. The first-order chi connectivity index (χ1) is 10.6. The van der Waals surface area contributed by atoms with E-state index in [4.69, 9.17) is 0 Å². The van der Waals surface area contributed by atoms with E-state index in [1.807, 2.05) is 36.7 Å². The van der Waals surface area contributed by atoms with Gasteiger partial charge in [-0.3, -0.25) is 4.79 Å². The molecule has 6 heteroatoms. The predicted octanol–water partition coefficient (Wildman–Crippen LogP) is 2.87. The van der Waals surface area contributed by atoms with Crippen molar-refractivity contribution in [2.45, 2.75) is 37.9 Å². The standard InChI is InChI=1S/C16H22N4OS/c1-4-8-14(13-9-6-5-7-10-13)17-15(21)11-22-16-19-18-12(2)20(16)3/h5-7,9-10,14H,4,8,11H2,1-3H3,(H,17,21)/t14-/m1/s1. The summed E-state index contributed by atoms with van der Waals surface area (Å²) in [7, 11) is 1.90. The van der Waals surface area contributed by atoms with E-state index in [0.29, 0.717) is 5.75 Å². The van der Waals surface area contributed by atoms with Gasteiger partial charge in [-0.25, -0.2) is 0 Å². The van der Waals surface area contributed by atoms with Gasteiger partial charge in [0.05, 0.1) is 11.8 Å². The number of nitrogens with one attached hydrogen (secondary N) is 1. The first-order valence-electron chi connectivity index (χ1n) is 7.45. The molecule has 0 unspecified atom stereocenters. The molecular formula is C16H22N4OS. The van der Waals surface area contributed by atoms with Crippen LogP contribution in [0.1, 0.15) is 37.2 Å². The van der Waals surface area contributed by atoms with Gasteiger partial charge in [-0.05, 0) is 18.9 Å². The minimum atomic E-state index is 0.0213. The SMILES string of the molecule is CCC[C@@H](NC(=O)CSc1nnc(C)n1C)c1ccccc1. The third-order valence-electron chi connectivity index (χ3n) is 3.50. The normalized spacial score (nSPS) is 12.1. The van der Waals surface area contributed by atoms with E-state index in [-0.39, 0.29) is 11.9 Å². The van der Waals surface area contributed by atoms with Crippen LogP contribution < -0.4 is 5.32 Å². The molecule has 0 spiro atoms. The van der Waals surface area contributed by atoms with E-state index in [9.17, 15) is 4.79 Å². The second-order valence-corrected chi connectivity index (χ2v) is 6.14. The summed E-state index contributed by atoms with van der Waals surface area (Å²) < 4.78 is 1.89. The number of carbonyl (C=O) groups is 1. The van der Waals surface area contributed by atoms with Crippen molar-refractivity contribution in [1.82, 2.24) is 20.1 Å². The summed E-state index contributed by atoms with van der Waals surface area (Å²) in [5, 5.41) is 11.9. The van der Waals surface area contributed by atoms with E-state index in [2.05, 4.69) is 34.6 Å². The van der Waals surface area contributed by atoms with E-state index in [0.717, 1.165) is 29.4 Å². The molecule has 0 bridgehead atoms. The van der Waals surface area contributed by atoms with Gasteiger partial charge in [0.1, 0.15) is 5.82 Å². The van der Waals surface area contributed by atoms with E-state index >= 15 is 0 Å². The van der Waals surface area contributed by atoms with Gasteiger partial charge in [0, 0.05) is 7.05 Å². The van der Waals surface area contributed by atoms with E-state index in [1.165, 1.54) is 11.8 Å². The molecule has 1 atom stereocenters. The van der Waals surface area contributed by atoms with E-state index in [1.54, 1.807) is 0 Å². The molecule has 1 aromatic heterocycles. The quantitative estimate of drug-likeness (QED) is 0.798. The van der Waals surface area contributed by atoms with Crippen LogP contribution in [0.5, 0.6) is 0 Å². The summed E-state index contributed by atoms with van der Waals surface area (Å²) in [5.41, 5.74) is 1.15. The zero-order chi connectivity index (χ0) is 15.9. The predicted molar refractivity (Wildman–Crippen MR) is 88.7 cm³/mol. The Bertz CT molecular complexity index is 612. The minimum absolute atomic E-state index is 0.0213. The fourth-order valence-electron chi connectivity index (χ4n) is 2.18. The summed E-state index contributed by atoms with van der Waals surface area (Å²) in [6, 6.07) is 10.2. The Labute approximate surface area is 135 Å². The van der Waals surface area contributed by atoms with Crippen molar-refractivity contribution in [3.8, 4) is 0 Å². The lowest BCUT2D eigenvalue weighted by atomic mass is 10.0. The van der Waals surface area contributed by atoms with Crippen molar-refractivity contribution < 1.29 is 4.79 Å². The van der Waals surface area contributed by atoms with Crippen LogP contribution in [0, 0.1) is 6.92 Å². The van der Waals surface area contributed by atoms with Gasteiger partial charge < -0.3 is 9.88 Å². The fourth-order valence-corrected chi connectivity index (χ4v) is 2.94. The Morgan fingerprint density at radius 2 is 2.05 bits per heavy atom. The zero-order valence-electron chi connectivity index (χ0n) is 13.2. The van der Waals surface area contributed by atoms with E-state index < -0.39 is 0 Å². The van der Waals surface area contributed by atoms with Crippen LogP contribution in [-0.4, -0.2) is 26.4 Å². The summed E-state index contributed by atoms with van der Waals surface area (Å²) in [5.74, 6) is 1.21. The lowest BCUT2D eigenvalue weighted by Gasteiger charge is -2.18. The molecule has 0 fully saturated rings. The maximum atomic E-state index is 12.2. The highest BCUT2D eigenvalue weighted by atomic mass is 32.2. The highest BCUT2D eigenvalue weighted by Crippen LogP contribution is 2.19. The number of amides is 1. The highest BCUT2D eigenvalue weighted by Gasteiger charge is 2.15. The van der Waals surface area contributed by atoms with Gasteiger partial charge in [0.25, 0.3) is 0 Å². The molecule has 5 nitrogen and oxygen atoms in total. The number of hydrogen-bond donors (Lipinski definition) is 1. The van der Waals surface area contributed by atoms with Crippen LogP contribution in [0.3, 0.4) is 0 Å². The molecule has 1 heterocycles. The molecule has 0 saturated carbocycles. The first kappa shape index (κ1) is 16.5. The van der Waals surface area contributed by atoms with Crippen molar-refractivity contribution in [3.05, 3.63) is 41.7 Å². The van der Waals surface area contributed by atoms with Crippen LogP contribution in [0.25, 0.3) is 0 Å². The minimum Gasteiger partial charge on any atom is -0.349 e. The van der Waals surface area contributed by atoms with Crippen LogP contribution >= 0.6 is 11.8 Å². The summed E-state index contributed by atoms with van der Waals surface area (Å²) in [4.78, 5) is 12.2. The van der Waals surface area contributed by atoms with Gasteiger partial charge in [0.15, 0.2) is 5.16 Å². The molecule has 22 heavy (non-hydrogen) atoms.